The van der Waals surface area contributed by atoms with Crippen LogP contribution in [0.3, 0.4) is 0 Å². The van der Waals surface area contributed by atoms with Gasteiger partial charge in [0.05, 0.1) is 17.8 Å². The highest BCUT2D eigenvalue weighted by atomic mass is 32.2. The predicted molar refractivity (Wildman–Crippen MR) is 122 cm³/mol. The summed E-state index contributed by atoms with van der Waals surface area (Å²) < 4.78 is 3.47. The van der Waals surface area contributed by atoms with Crippen LogP contribution in [0, 0.1) is 34.6 Å². The Morgan fingerprint density at radius 2 is 1.71 bits per heavy atom. The maximum atomic E-state index is 13.0. The largest absolute Gasteiger partial charge is 0.310 e. The lowest BCUT2D eigenvalue weighted by atomic mass is 10.1. The van der Waals surface area contributed by atoms with Crippen LogP contribution < -0.4 is 5.32 Å². The van der Waals surface area contributed by atoms with Gasteiger partial charge in [-0.1, -0.05) is 17.8 Å². The molecule has 1 aromatic carbocycles. The van der Waals surface area contributed by atoms with Gasteiger partial charge in [0.25, 0.3) is 5.78 Å². The Labute approximate surface area is 185 Å². The predicted octanol–water partition coefficient (Wildman–Crippen LogP) is 3.76. The van der Waals surface area contributed by atoms with Crippen molar-refractivity contribution in [3.05, 3.63) is 58.0 Å². The quantitative estimate of drug-likeness (QED) is 0.480. The summed E-state index contributed by atoms with van der Waals surface area (Å²) in [6, 6.07) is 8.09. The van der Waals surface area contributed by atoms with Crippen molar-refractivity contribution in [1.29, 1.82) is 0 Å². The van der Waals surface area contributed by atoms with Crippen molar-refractivity contribution in [2.24, 2.45) is 0 Å². The minimum absolute atomic E-state index is 0.136. The molecular formula is C22H25N7OS. The van der Waals surface area contributed by atoms with Crippen LogP contribution >= 0.6 is 11.8 Å². The lowest BCUT2D eigenvalue weighted by Gasteiger charge is -2.12. The first-order valence-electron chi connectivity index (χ1n) is 9.97. The molecule has 1 N–H and O–H groups in total. The topological polar surface area (TPSA) is 90.0 Å². The summed E-state index contributed by atoms with van der Waals surface area (Å²) in [5.74, 6) is 1.05. The Kier molecular flexibility index (Phi) is 5.53. The number of rotatable bonds is 5. The zero-order chi connectivity index (χ0) is 22.3. The van der Waals surface area contributed by atoms with Crippen LogP contribution in [0.4, 0.5) is 5.82 Å². The monoisotopic (exact) mass is 435 g/mol. The lowest BCUT2D eigenvalue weighted by molar-refractivity contribution is -0.115. The molecule has 160 valence electrons. The van der Waals surface area contributed by atoms with Crippen molar-refractivity contribution < 1.29 is 4.79 Å². The van der Waals surface area contributed by atoms with Crippen LogP contribution in [0.1, 0.15) is 33.8 Å². The fourth-order valence-corrected chi connectivity index (χ4v) is 4.07. The molecule has 0 atom stereocenters. The smallest absolute Gasteiger partial charge is 0.253 e. The number of aryl methyl sites for hydroxylation is 5. The van der Waals surface area contributed by atoms with E-state index in [0.29, 0.717) is 16.8 Å². The molecule has 3 heterocycles. The molecule has 31 heavy (non-hydrogen) atoms. The van der Waals surface area contributed by atoms with Gasteiger partial charge >= 0.3 is 0 Å². The van der Waals surface area contributed by atoms with Gasteiger partial charge in [0.2, 0.25) is 11.1 Å². The number of benzene rings is 1. The second-order valence-electron chi connectivity index (χ2n) is 7.73. The number of hydrogen-bond acceptors (Lipinski definition) is 6. The minimum Gasteiger partial charge on any atom is -0.310 e. The van der Waals surface area contributed by atoms with Crippen molar-refractivity contribution in [2.75, 3.05) is 11.6 Å². The molecule has 0 saturated carbocycles. The zero-order valence-corrected chi connectivity index (χ0v) is 19.3. The molecule has 8 nitrogen and oxygen atoms in total. The molecule has 0 spiro atoms. The third kappa shape index (κ3) is 4.18. The first-order valence-corrected chi connectivity index (χ1v) is 11.2. The van der Waals surface area contributed by atoms with Crippen molar-refractivity contribution >= 4 is 29.3 Å². The molecule has 4 rings (SSSR count). The maximum Gasteiger partial charge on any atom is 0.253 e. The van der Waals surface area contributed by atoms with Crippen molar-refractivity contribution in [3.63, 3.8) is 0 Å². The Morgan fingerprint density at radius 1 is 1.00 bits per heavy atom. The molecule has 3 aromatic heterocycles. The number of amides is 1. The number of anilines is 1. The number of aromatic nitrogens is 6. The normalized spacial score (nSPS) is 11.3. The van der Waals surface area contributed by atoms with E-state index in [1.165, 1.54) is 11.8 Å². The van der Waals surface area contributed by atoms with Gasteiger partial charge in [-0.2, -0.15) is 10.1 Å². The summed E-state index contributed by atoms with van der Waals surface area (Å²) in [7, 11) is 0. The van der Waals surface area contributed by atoms with E-state index in [0.717, 1.165) is 39.5 Å². The van der Waals surface area contributed by atoms with E-state index in [-0.39, 0.29) is 12.3 Å². The van der Waals surface area contributed by atoms with Gasteiger partial charge in [-0.15, -0.1) is 5.10 Å². The summed E-state index contributed by atoms with van der Waals surface area (Å²) in [5, 5.41) is 12.7. The molecule has 0 aliphatic carbocycles. The first kappa shape index (κ1) is 21.0. The van der Waals surface area contributed by atoms with Gasteiger partial charge < -0.3 is 5.32 Å². The fourth-order valence-electron chi connectivity index (χ4n) is 3.74. The summed E-state index contributed by atoms with van der Waals surface area (Å²) in [4.78, 5) is 21.9. The fraction of sp³-hybridized carbons (Fsp3) is 0.318. The molecule has 0 unspecified atom stereocenters. The van der Waals surface area contributed by atoms with E-state index in [4.69, 9.17) is 0 Å². The number of carbonyl (C=O) groups is 1. The molecule has 0 fully saturated rings. The van der Waals surface area contributed by atoms with E-state index in [1.54, 1.807) is 9.20 Å². The van der Waals surface area contributed by atoms with Gasteiger partial charge in [0.1, 0.15) is 5.82 Å². The maximum absolute atomic E-state index is 13.0. The van der Waals surface area contributed by atoms with Gasteiger partial charge in [0.15, 0.2) is 0 Å². The van der Waals surface area contributed by atoms with Gasteiger partial charge in [0, 0.05) is 23.0 Å². The second kappa shape index (κ2) is 8.14. The van der Waals surface area contributed by atoms with Crippen LogP contribution in [0.15, 0.2) is 29.4 Å². The third-order valence-corrected chi connectivity index (χ3v) is 5.64. The van der Waals surface area contributed by atoms with E-state index in [9.17, 15) is 4.79 Å². The standard InChI is InChI=1S/C22H25N7OS/c1-12-7-13(2)9-17(8-12)29-19(10-14(3)26-29)24-20(30)11-18-15(4)23-21-25-22(31-6)27-28(21)16(18)5/h7-10H,11H2,1-6H3,(H,24,30). The third-order valence-electron chi connectivity index (χ3n) is 5.10. The molecular weight excluding hydrogens is 410 g/mol. The van der Waals surface area contributed by atoms with Crippen molar-refractivity contribution in [1.82, 2.24) is 29.4 Å². The van der Waals surface area contributed by atoms with Gasteiger partial charge in [-0.25, -0.2) is 14.2 Å². The van der Waals surface area contributed by atoms with E-state index in [1.807, 2.05) is 46.9 Å². The Hall–Kier alpha value is -3.20. The highest BCUT2D eigenvalue weighted by Crippen LogP contribution is 2.21. The van der Waals surface area contributed by atoms with E-state index < -0.39 is 0 Å². The Bertz CT molecular complexity index is 1280. The van der Waals surface area contributed by atoms with Crippen molar-refractivity contribution in [2.45, 2.75) is 46.2 Å². The van der Waals surface area contributed by atoms with Crippen molar-refractivity contribution in [3.8, 4) is 5.69 Å². The summed E-state index contributed by atoms with van der Waals surface area (Å²) >= 11 is 1.46. The molecule has 1 amide bonds. The second-order valence-corrected chi connectivity index (χ2v) is 8.50. The summed E-state index contributed by atoms with van der Waals surface area (Å²) in [6.07, 6.45) is 2.11. The number of hydrogen-bond donors (Lipinski definition) is 1. The first-order chi connectivity index (χ1) is 14.7. The summed E-state index contributed by atoms with van der Waals surface area (Å²) in [6.45, 7) is 9.84. The molecule has 0 radical (unpaired) electrons. The average molecular weight is 436 g/mol. The number of nitrogens with zero attached hydrogens (tertiary/aromatic N) is 6. The van der Waals surface area contributed by atoms with Crippen LogP contribution in [-0.2, 0) is 11.2 Å². The molecule has 0 aliphatic rings. The van der Waals surface area contributed by atoms with Gasteiger partial charge in [-0.05, 0) is 64.1 Å². The molecule has 4 aromatic rings. The number of nitrogens with one attached hydrogen (secondary N) is 1. The van der Waals surface area contributed by atoms with Crippen LogP contribution in [0.5, 0.6) is 0 Å². The highest BCUT2D eigenvalue weighted by molar-refractivity contribution is 7.98. The Morgan fingerprint density at radius 3 is 2.39 bits per heavy atom. The van der Waals surface area contributed by atoms with E-state index in [2.05, 4.69) is 43.7 Å². The van der Waals surface area contributed by atoms with Crippen LogP contribution in [0.2, 0.25) is 0 Å². The Balaban J connectivity index is 1.63. The SMILES string of the molecule is CSc1nc2nc(C)c(CC(=O)Nc3cc(C)nn3-c3cc(C)cc(C)c3)c(C)n2n1. The number of fused-ring (bicyclic) bond motifs is 1. The van der Waals surface area contributed by atoms with Crippen LogP contribution in [-0.4, -0.2) is 41.5 Å². The molecule has 0 saturated heterocycles. The minimum atomic E-state index is -0.136. The molecule has 9 heteroatoms. The summed E-state index contributed by atoms with van der Waals surface area (Å²) in [5.41, 5.74) is 6.52. The van der Waals surface area contributed by atoms with E-state index >= 15 is 0 Å². The average Bonchev–Trinajstić information content (AvgIpc) is 3.27. The zero-order valence-electron chi connectivity index (χ0n) is 18.5. The number of thioether (sulfide) groups is 1. The molecule has 0 aliphatic heterocycles. The highest BCUT2D eigenvalue weighted by Gasteiger charge is 2.18. The van der Waals surface area contributed by atoms with Crippen LogP contribution in [0.25, 0.3) is 11.5 Å². The lowest BCUT2D eigenvalue weighted by Crippen LogP contribution is -2.19. The molecule has 0 bridgehead atoms. The van der Waals surface area contributed by atoms with Gasteiger partial charge in [-0.3, -0.25) is 4.79 Å². The number of carbonyl (C=O) groups excluding carboxylic acids is 1.